The lowest BCUT2D eigenvalue weighted by Gasteiger charge is -2.15. The molecule has 2 fully saturated rings. The van der Waals surface area contributed by atoms with Gasteiger partial charge in [-0.05, 0) is 31.0 Å². The number of benzene rings is 1. The van der Waals surface area contributed by atoms with Crippen LogP contribution in [0.5, 0.6) is 0 Å². The van der Waals surface area contributed by atoms with E-state index in [0.717, 1.165) is 12.8 Å². The van der Waals surface area contributed by atoms with E-state index in [1.165, 1.54) is 4.90 Å². The molecule has 1 atom stereocenters. The maximum atomic E-state index is 12.1. The third-order valence-corrected chi connectivity index (χ3v) is 3.50. The number of hydrogen-bond donors (Lipinski definition) is 0. The van der Waals surface area contributed by atoms with Gasteiger partial charge in [0.1, 0.15) is 6.04 Å². The lowest BCUT2D eigenvalue weighted by molar-refractivity contribution is -0.119. The Morgan fingerprint density at radius 3 is 2.82 bits per heavy atom. The second-order valence-electron chi connectivity index (χ2n) is 4.29. The molecule has 4 nitrogen and oxygen atoms in total. The zero-order valence-corrected chi connectivity index (χ0v) is 9.85. The first-order chi connectivity index (χ1) is 8.18. The average molecular weight is 251 g/mol. The Morgan fingerprint density at radius 2 is 2.12 bits per heavy atom. The van der Waals surface area contributed by atoms with Crippen molar-refractivity contribution in [2.45, 2.75) is 18.9 Å². The van der Waals surface area contributed by atoms with Crippen molar-refractivity contribution in [1.82, 2.24) is 4.90 Å². The zero-order chi connectivity index (χ0) is 12.0. The molecule has 0 aromatic heterocycles. The highest BCUT2D eigenvalue weighted by atomic mass is 35.5. The van der Waals surface area contributed by atoms with Crippen LogP contribution in [0.3, 0.4) is 0 Å². The molecule has 2 aliphatic heterocycles. The van der Waals surface area contributed by atoms with E-state index < -0.39 is 0 Å². The topological polar surface area (TPSA) is 40.6 Å². The highest BCUT2D eigenvalue weighted by Crippen LogP contribution is 2.32. The molecule has 0 spiro atoms. The van der Waals surface area contributed by atoms with Gasteiger partial charge in [0.25, 0.3) is 5.91 Å². The van der Waals surface area contributed by atoms with Crippen molar-refractivity contribution in [3.63, 3.8) is 0 Å². The van der Waals surface area contributed by atoms with Crippen LogP contribution in [0, 0.1) is 0 Å². The Bertz CT molecular complexity index is 481. The molecule has 3 amide bonds. The van der Waals surface area contributed by atoms with Gasteiger partial charge in [0.2, 0.25) is 0 Å². The van der Waals surface area contributed by atoms with E-state index in [1.54, 1.807) is 29.2 Å². The summed E-state index contributed by atoms with van der Waals surface area (Å²) in [5.74, 6) is -0.130. The molecule has 17 heavy (non-hydrogen) atoms. The molecule has 2 saturated heterocycles. The number of amides is 3. The summed E-state index contributed by atoms with van der Waals surface area (Å²) in [6.07, 6.45) is 1.67. The lowest BCUT2D eigenvalue weighted by Crippen LogP contribution is -2.32. The molecule has 2 aliphatic rings. The van der Waals surface area contributed by atoms with Crippen molar-refractivity contribution < 1.29 is 9.59 Å². The molecule has 1 aromatic rings. The van der Waals surface area contributed by atoms with Gasteiger partial charge in [-0.2, -0.15) is 0 Å². The first-order valence-electron chi connectivity index (χ1n) is 5.58. The van der Waals surface area contributed by atoms with E-state index in [2.05, 4.69) is 0 Å². The minimum Gasteiger partial charge on any atom is -0.312 e. The van der Waals surface area contributed by atoms with Gasteiger partial charge in [0.15, 0.2) is 0 Å². The predicted molar refractivity (Wildman–Crippen MR) is 64.1 cm³/mol. The van der Waals surface area contributed by atoms with Gasteiger partial charge >= 0.3 is 6.03 Å². The Kier molecular flexibility index (Phi) is 2.33. The van der Waals surface area contributed by atoms with Crippen LogP contribution in [0.4, 0.5) is 10.5 Å². The van der Waals surface area contributed by atoms with Crippen LogP contribution >= 0.6 is 11.6 Å². The smallest absolute Gasteiger partial charge is 0.312 e. The van der Waals surface area contributed by atoms with Crippen molar-refractivity contribution in [3.05, 3.63) is 29.3 Å². The van der Waals surface area contributed by atoms with Crippen molar-refractivity contribution in [3.8, 4) is 0 Å². The van der Waals surface area contributed by atoms with Gasteiger partial charge in [0, 0.05) is 11.6 Å². The van der Waals surface area contributed by atoms with Crippen LogP contribution in [-0.4, -0.2) is 29.4 Å². The quantitative estimate of drug-likeness (QED) is 0.718. The number of carbonyl (C=O) groups is 2. The number of carbonyl (C=O) groups excluding carboxylic acids is 2. The van der Waals surface area contributed by atoms with E-state index >= 15 is 0 Å². The molecule has 1 aromatic carbocycles. The highest BCUT2D eigenvalue weighted by molar-refractivity contribution is 6.31. The number of nitrogens with zero attached hydrogens (tertiary/aromatic N) is 2. The number of imide groups is 1. The van der Waals surface area contributed by atoms with Gasteiger partial charge in [-0.25, -0.2) is 9.69 Å². The van der Waals surface area contributed by atoms with Gasteiger partial charge in [-0.15, -0.1) is 0 Å². The Hall–Kier alpha value is -1.55. The third kappa shape index (κ3) is 1.52. The summed E-state index contributed by atoms with van der Waals surface area (Å²) in [7, 11) is 0. The summed E-state index contributed by atoms with van der Waals surface area (Å²) in [4.78, 5) is 27.1. The number of anilines is 1. The third-order valence-electron chi connectivity index (χ3n) is 3.26. The molecule has 0 saturated carbocycles. The SMILES string of the molecule is O=C1C2CCCN2C(=O)N1c1cccc(Cl)c1. The van der Waals surface area contributed by atoms with E-state index in [9.17, 15) is 9.59 Å². The molecular weight excluding hydrogens is 240 g/mol. The summed E-state index contributed by atoms with van der Waals surface area (Å²) in [5, 5.41) is 0.523. The Balaban J connectivity index is 1.99. The molecule has 0 radical (unpaired) electrons. The van der Waals surface area contributed by atoms with Crippen molar-refractivity contribution >= 4 is 29.2 Å². The van der Waals surface area contributed by atoms with Gasteiger partial charge in [-0.3, -0.25) is 4.79 Å². The average Bonchev–Trinajstić information content (AvgIpc) is 2.84. The molecule has 0 N–H and O–H groups in total. The predicted octanol–water partition coefficient (Wildman–Crippen LogP) is 2.27. The van der Waals surface area contributed by atoms with Crippen LogP contribution in [-0.2, 0) is 4.79 Å². The summed E-state index contributed by atoms with van der Waals surface area (Å²) in [6.45, 7) is 0.673. The fourth-order valence-corrected chi connectivity index (χ4v) is 2.66. The highest BCUT2D eigenvalue weighted by Gasteiger charge is 2.47. The van der Waals surface area contributed by atoms with Crippen molar-refractivity contribution in [1.29, 1.82) is 0 Å². The minimum absolute atomic E-state index is 0.130. The minimum atomic E-state index is -0.263. The standard InChI is InChI=1S/C12H11ClN2O2/c13-8-3-1-4-9(7-8)15-11(16)10-5-2-6-14(10)12(15)17/h1,3-4,7,10H,2,5-6H2. The normalized spacial score (nSPS) is 23.5. The maximum Gasteiger partial charge on any atom is 0.332 e. The van der Waals surface area contributed by atoms with E-state index in [-0.39, 0.29) is 18.0 Å². The molecule has 1 unspecified atom stereocenters. The van der Waals surface area contributed by atoms with Crippen molar-refractivity contribution in [2.24, 2.45) is 0 Å². The molecule has 5 heteroatoms. The summed E-state index contributed by atoms with van der Waals surface area (Å²) >= 11 is 5.88. The number of fused-ring (bicyclic) bond motifs is 1. The second-order valence-corrected chi connectivity index (χ2v) is 4.72. The first-order valence-corrected chi connectivity index (χ1v) is 5.96. The van der Waals surface area contributed by atoms with E-state index in [1.807, 2.05) is 0 Å². The Labute approximate surface area is 104 Å². The molecular formula is C12H11ClN2O2. The van der Waals surface area contributed by atoms with Gasteiger partial charge in [0.05, 0.1) is 5.69 Å². The Morgan fingerprint density at radius 1 is 1.29 bits per heavy atom. The van der Waals surface area contributed by atoms with Crippen LogP contribution in [0.2, 0.25) is 5.02 Å². The summed E-state index contributed by atoms with van der Waals surface area (Å²) in [5.41, 5.74) is 0.557. The van der Waals surface area contributed by atoms with E-state index in [4.69, 9.17) is 11.6 Å². The number of halogens is 1. The van der Waals surface area contributed by atoms with Crippen LogP contribution in [0.1, 0.15) is 12.8 Å². The number of hydrogen-bond acceptors (Lipinski definition) is 2. The van der Waals surface area contributed by atoms with Gasteiger partial charge < -0.3 is 4.90 Å². The molecule has 3 rings (SSSR count). The van der Waals surface area contributed by atoms with Crippen LogP contribution in [0.25, 0.3) is 0 Å². The zero-order valence-electron chi connectivity index (χ0n) is 9.10. The fourth-order valence-electron chi connectivity index (χ4n) is 2.48. The fraction of sp³-hybridized carbons (Fsp3) is 0.333. The molecule has 0 bridgehead atoms. The van der Waals surface area contributed by atoms with Crippen LogP contribution < -0.4 is 4.90 Å². The largest absolute Gasteiger partial charge is 0.332 e. The summed E-state index contributed by atoms with van der Waals surface area (Å²) < 4.78 is 0. The monoisotopic (exact) mass is 250 g/mol. The molecule has 0 aliphatic carbocycles. The summed E-state index contributed by atoms with van der Waals surface area (Å²) in [6, 6.07) is 6.34. The van der Waals surface area contributed by atoms with Crippen LogP contribution in [0.15, 0.2) is 24.3 Å². The lowest BCUT2D eigenvalue weighted by atomic mass is 10.2. The second kappa shape index (κ2) is 3.74. The number of urea groups is 1. The van der Waals surface area contributed by atoms with Crippen molar-refractivity contribution in [2.75, 3.05) is 11.4 Å². The number of rotatable bonds is 1. The van der Waals surface area contributed by atoms with Gasteiger partial charge in [-0.1, -0.05) is 17.7 Å². The van der Waals surface area contributed by atoms with E-state index in [0.29, 0.717) is 17.3 Å². The molecule has 88 valence electrons. The maximum absolute atomic E-state index is 12.1. The molecule has 2 heterocycles. The first kappa shape index (κ1) is 10.6.